The standard InChI is InChI=1S/C32H36B.C3H9N/c1-21-9-13-29(25(5)17-21)33(30-14-10-22(2)18-26(30)6,31-15-11-23(3)19-27(31)7)32-16-12-24(4)20-28(32)8;1-4(2)3/h9-20H,1-8H3;1-3H3/q-1;/p+1. The van der Waals surface area contributed by atoms with E-state index in [4.69, 9.17) is 0 Å². The fourth-order valence-electron chi connectivity index (χ4n) is 6.25. The first-order chi connectivity index (χ1) is 17.4. The predicted octanol–water partition coefficient (Wildman–Crippen LogP) is 4.29. The number of hydrogen-bond acceptors (Lipinski definition) is 0. The lowest BCUT2D eigenvalue weighted by Crippen LogP contribution is -3.02. The van der Waals surface area contributed by atoms with Crippen LogP contribution in [0, 0.1) is 55.4 Å². The van der Waals surface area contributed by atoms with Crippen molar-refractivity contribution in [2.24, 2.45) is 0 Å². The van der Waals surface area contributed by atoms with Crippen LogP contribution in [0.4, 0.5) is 0 Å². The molecule has 0 aliphatic rings. The molecule has 0 spiro atoms. The van der Waals surface area contributed by atoms with E-state index in [1.165, 1.54) is 71.3 Å². The van der Waals surface area contributed by atoms with Crippen LogP contribution in [0.5, 0.6) is 0 Å². The van der Waals surface area contributed by atoms with E-state index < -0.39 is 6.15 Å². The van der Waals surface area contributed by atoms with Gasteiger partial charge in [-0.25, -0.2) is 0 Å². The molecule has 0 radical (unpaired) electrons. The Hall–Kier alpha value is -3.10. The van der Waals surface area contributed by atoms with Gasteiger partial charge in [-0.2, -0.15) is 21.9 Å². The van der Waals surface area contributed by atoms with Crippen LogP contribution in [0.1, 0.15) is 44.5 Å². The Balaban J connectivity index is 0.000000886. The molecule has 1 nitrogen and oxygen atoms in total. The zero-order chi connectivity index (χ0) is 27.5. The van der Waals surface area contributed by atoms with E-state index in [0.29, 0.717) is 0 Å². The molecule has 194 valence electrons. The van der Waals surface area contributed by atoms with Gasteiger partial charge in [0.2, 0.25) is 0 Å². The Morgan fingerprint density at radius 2 is 0.568 bits per heavy atom. The van der Waals surface area contributed by atoms with Gasteiger partial charge in [-0.15, -0.1) is 0 Å². The first kappa shape index (κ1) is 28.5. The molecule has 0 atom stereocenters. The van der Waals surface area contributed by atoms with Crippen LogP contribution in [-0.2, 0) is 0 Å². The highest BCUT2D eigenvalue weighted by Gasteiger charge is 2.35. The molecule has 0 bridgehead atoms. The van der Waals surface area contributed by atoms with Crippen molar-refractivity contribution in [3.8, 4) is 0 Å². The third kappa shape index (κ3) is 5.91. The molecule has 2 heteroatoms. The summed E-state index contributed by atoms with van der Waals surface area (Å²) in [6, 6.07) is 28.1. The van der Waals surface area contributed by atoms with E-state index in [-0.39, 0.29) is 0 Å². The summed E-state index contributed by atoms with van der Waals surface area (Å²) in [5.41, 5.74) is 16.3. The summed E-state index contributed by atoms with van der Waals surface area (Å²) < 4.78 is 0. The van der Waals surface area contributed by atoms with Crippen LogP contribution >= 0.6 is 0 Å². The minimum Gasteiger partial charge on any atom is -0.342 e. The van der Waals surface area contributed by atoms with Crippen molar-refractivity contribution in [1.29, 1.82) is 0 Å². The van der Waals surface area contributed by atoms with Gasteiger partial charge in [0.1, 0.15) is 6.15 Å². The zero-order valence-electron chi connectivity index (χ0n) is 25.0. The lowest BCUT2D eigenvalue weighted by atomic mass is 9.11. The van der Waals surface area contributed by atoms with E-state index in [1.54, 1.807) is 0 Å². The van der Waals surface area contributed by atoms with Gasteiger partial charge in [0.25, 0.3) is 0 Å². The smallest absolute Gasteiger partial charge is 0.109 e. The minimum atomic E-state index is -1.38. The van der Waals surface area contributed by atoms with Gasteiger partial charge in [0, 0.05) is 0 Å². The van der Waals surface area contributed by atoms with Crippen LogP contribution in [0.3, 0.4) is 0 Å². The van der Waals surface area contributed by atoms with Crippen molar-refractivity contribution in [3.63, 3.8) is 0 Å². The highest BCUT2D eigenvalue weighted by Crippen LogP contribution is 2.19. The Morgan fingerprint density at radius 3 is 0.730 bits per heavy atom. The average molecular weight is 492 g/mol. The Bertz CT molecular complexity index is 1180. The molecule has 4 aromatic carbocycles. The monoisotopic (exact) mass is 491 g/mol. The Morgan fingerprint density at radius 1 is 0.378 bits per heavy atom. The molecule has 0 unspecified atom stereocenters. The second-order valence-electron chi connectivity index (χ2n) is 11.8. The normalized spacial score (nSPS) is 11.4. The van der Waals surface area contributed by atoms with Crippen molar-refractivity contribution in [1.82, 2.24) is 0 Å². The second-order valence-corrected chi connectivity index (χ2v) is 11.8. The van der Waals surface area contributed by atoms with Crippen molar-refractivity contribution >= 4 is 28.0 Å². The fourth-order valence-corrected chi connectivity index (χ4v) is 6.25. The third-order valence-corrected chi connectivity index (χ3v) is 7.57. The summed E-state index contributed by atoms with van der Waals surface area (Å²) in [6.07, 6.45) is -1.38. The number of rotatable bonds is 4. The summed E-state index contributed by atoms with van der Waals surface area (Å²) in [5, 5.41) is 0. The summed E-state index contributed by atoms with van der Waals surface area (Å²) in [6.45, 7) is 17.9. The van der Waals surface area contributed by atoms with Gasteiger partial charge >= 0.3 is 0 Å². The first-order valence-corrected chi connectivity index (χ1v) is 13.6. The van der Waals surface area contributed by atoms with Crippen LogP contribution in [0.25, 0.3) is 0 Å². The molecule has 0 saturated carbocycles. The molecule has 1 N–H and O–H groups in total. The largest absolute Gasteiger partial charge is 0.342 e. The van der Waals surface area contributed by atoms with Crippen LogP contribution < -0.4 is 26.8 Å². The van der Waals surface area contributed by atoms with Gasteiger partial charge < -0.3 is 4.90 Å². The van der Waals surface area contributed by atoms with E-state index in [1.807, 2.05) is 0 Å². The number of quaternary nitrogens is 1. The zero-order valence-corrected chi connectivity index (χ0v) is 25.0. The topological polar surface area (TPSA) is 4.44 Å². The van der Waals surface area contributed by atoms with E-state index in [2.05, 4.69) is 149 Å². The Labute approximate surface area is 226 Å². The SMILES string of the molecule is C[NH+](C)C.Cc1ccc([B-](c2ccc(C)cc2C)(c2ccc(C)cc2C)c2ccc(C)cc2C)c(C)c1. The van der Waals surface area contributed by atoms with E-state index in [0.717, 1.165) is 0 Å². The summed E-state index contributed by atoms with van der Waals surface area (Å²) in [5.74, 6) is 0. The van der Waals surface area contributed by atoms with Crippen molar-refractivity contribution in [2.75, 3.05) is 21.1 Å². The van der Waals surface area contributed by atoms with Gasteiger partial charge in [0.15, 0.2) is 0 Å². The highest BCUT2D eigenvalue weighted by molar-refractivity contribution is 7.20. The minimum absolute atomic E-state index is 1.31. The predicted molar refractivity (Wildman–Crippen MR) is 167 cm³/mol. The van der Waals surface area contributed by atoms with Crippen molar-refractivity contribution < 1.29 is 4.90 Å². The molecule has 4 aromatic rings. The van der Waals surface area contributed by atoms with E-state index in [9.17, 15) is 0 Å². The van der Waals surface area contributed by atoms with Crippen molar-refractivity contribution in [2.45, 2.75) is 55.4 Å². The molecule has 0 aliphatic carbocycles. The number of hydrogen-bond donors (Lipinski definition) is 1. The molecule has 0 fully saturated rings. The summed E-state index contributed by atoms with van der Waals surface area (Å²) in [4.78, 5) is 1.42. The summed E-state index contributed by atoms with van der Waals surface area (Å²) >= 11 is 0. The van der Waals surface area contributed by atoms with Gasteiger partial charge in [-0.05, 0) is 55.4 Å². The van der Waals surface area contributed by atoms with Crippen LogP contribution in [0.15, 0.2) is 72.8 Å². The number of aryl methyl sites for hydroxylation is 8. The highest BCUT2D eigenvalue weighted by atomic mass is 15.0. The molecular formula is C35H46BN. The molecule has 37 heavy (non-hydrogen) atoms. The summed E-state index contributed by atoms with van der Waals surface area (Å²) in [7, 11) is 6.25. The third-order valence-electron chi connectivity index (χ3n) is 7.57. The molecule has 0 aromatic heterocycles. The second kappa shape index (κ2) is 11.5. The van der Waals surface area contributed by atoms with E-state index >= 15 is 0 Å². The number of nitrogens with one attached hydrogen (secondary N) is 1. The first-order valence-electron chi connectivity index (χ1n) is 13.6. The quantitative estimate of drug-likeness (QED) is 0.407. The maximum absolute atomic E-state index is 2.39. The lowest BCUT2D eigenvalue weighted by molar-refractivity contribution is -0.836. The Kier molecular flexibility index (Phi) is 8.87. The maximum atomic E-state index is 2.39. The van der Waals surface area contributed by atoms with Gasteiger partial charge in [0.05, 0.1) is 21.1 Å². The van der Waals surface area contributed by atoms with Gasteiger partial charge in [-0.3, -0.25) is 0 Å². The molecule has 4 rings (SSSR count). The fraction of sp³-hybridized carbons (Fsp3) is 0.314. The molecule has 0 amide bonds. The average Bonchev–Trinajstić information content (AvgIpc) is 2.77. The van der Waals surface area contributed by atoms with Crippen molar-refractivity contribution in [3.05, 3.63) is 117 Å². The van der Waals surface area contributed by atoms with Gasteiger partial charge in [-0.1, -0.05) is 117 Å². The van der Waals surface area contributed by atoms with Crippen LogP contribution in [0.2, 0.25) is 0 Å². The molecule has 0 heterocycles. The molecule has 0 aliphatic heterocycles. The maximum Gasteiger partial charge on any atom is 0.109 e. The molecular weight excluding hydrogens is 445 g/mol. The van der Waals surface area contributed by atoms with Crippen LogP contribution in [-0.4, -0.2) is 27.3 Å². The lowest BCUT2D eigenvalue weighted by Gasteiger charge is -2.48. The number of benzene rings is 4. The molecule has 0 saturated heterocycles.